The smallest absolute Gasteiger partial charge is 0.330 e. The highest BCUT2D eigenvalue weighted by molar-refractivity contribution is 5.82. The fraction of sp³-hybridized carbons (Fsp3) is 0.647. The van der Waals surface area contributed by atoms with Crippen LogP contribution in [-0.4, -0.2) is 52.6 Å². The fourth-order valence-corrected chi connectivity index (χ4v) is 2.16. The zero-order chi connectivity index (χ0) is 17.6. The lowest BCUT2D eigenvalue weighted by Gasteiger charge is -2.30. The summed E-state index contributed by atoms with van der Waals surface area (Å²) < 4.78 is 20.3. The van der Waals surface area contributed by atoms with Gasteiger partial charge in [-0.25, -0.2) is 9.59 Å². The number of rotatable bonds is 12. The van der Waals surface area contributed by atoms with E-state index in [0.29, 0.717) is 39.3 Å². The Labute approximate surface area is 138 Å². The van der Waals surface area contributed by atoms with E-state index in [1.54, 1.807) is 40.2 Å². The molecule has 0 aliphatic rings. The lowest BCUT2D eigenvalue weighted by Crippen LogP contribution is -2.31. The van der Waals surface area contributed by atoms with Crippen molar-refractivity contribution >= 4 is 11.9 Å². The van der Waals surface area contributed by atoms with Crippen molar-refractivity contribution in [1.82, 2.24) is 0 Å². The number of allylic oxidation sites excluding steroid dienone is 2. The van der Waals surface area contributed by atoms with Gasteiger partial charge in [0.25, 0.3) is 0 Å². The maximum atomic E-state index is 11.4. The first kappa shape index (κ1) is 21.3. The second kappa shape index (κ2) is 12.8. The Morgan fingerprint density at radius 2 is 1.22 bits per heavy atom. The first-order valence-corrected chi connectivity index (χ1v) is 7.68. The molecule has 0 unspecified atom stereocenters. The van der Waals surface area contributed by atoms with Gasteiger partial charge in [-0.2, -0.15) is 0 Å². The molecule has 0 saturated heterocycles. The number of hydrogen-bond acceptors (Lipinski definition) is 6. The van der Waals surface area contributed by atoms with Gasteiger partial charge in [-0.1, -0.05) is 12.2 Å². The molecule has 0 saturated carbocycles. The van der Waals surface area contributed by atoms with Crippen LogP contribution in [0.4, 0.5) is 0 Å². The molecular formula is C17H28O6. The third-order valence-electron chi connectivity index (χ3n) is 3.08. The highest BCUT2D eigenvalue weighted by atomic mass is 16.5. The number of carbonyl (C=O) groups is 2. The monoisotopic (exact) mass is 328 g/mol. The van der Waals surface area contributed by atoms with Gasteiger partial charge in [0.05, 0.1) is 26.4 Å². The number of ether oxygens (including phenoxy) is 4. The van der Waals surface area contributed by atoms with E-state index >= 15 is 0 Å². The summed E-state index contributed by atoms with van der Waals surface area (Å²) in [5, 5.41) is 0. The Bertz CT molecular complexity index is 362. The molecule has 0 spiro atoms. The second-order valence-corrected chi connectivity index (χ2v) is 5.08. The lowest BCUT2D eigenvalue weighted by molar-refractivity contribution is -0.138. The van der Waals surface area contributed by atoms with Crippen LogP contribution in [0.1, 0.15) is 26.7 Å². The third kappa shape index (κ3) is 9.86. The predicted molar refractivity (Wildman–Crippen MR) is 87.0 cm³/mol. The SMILES string of the molecule is CCOC(=O)/C=C/CC(C/C=C/C(=O)OCC)(COC)COC. The number of methoxy groups -OCH3 is 2. The molecule has 23 heavy (non-hydrogen) atoms. The van der Waals surface area contributed by atoms with Crippen LogP contribution in [0, 0.1) is 5.41 Å². The highest BCUT2D eigenvalue weighted by Crippen LogP contribution is 2.29. The molecule has 6 heteroatoms. The van der Waals surface area contributed by atoms with Gasteiger partial charge in [-0.15, -0.1) is 0 Å². The molecule has 0 rings (SSSR count). The van der Waals surface area contributed by atoms with Gasteiger partial charge >= 0.3 is 11.9 Å². The minimum absolute atomic E-state index is 0.340. The molecule has 0 heterocycles. The molecule has 0 aromatic rings. The van der Waals surface area contributed by atoms with E-state index in [2.05, 4.69) is 0 Å². The minimum atomic E-state index is -0.377. The number of esters is 2. The molecule has 0 aliphatic carbocycles. The van der Waals surface area contributed by atoms with Crippen molar-refractivity contribution in [1.29, 1.82) is 0 Å². The van der Waals surface area contributed by atoms with Gasteiger partial charge in [-0.05, 0) is 26.7 Å². The first-order valence-electron chi connectivity index (χ1n) is 7.68. The van der Waals surface area contributed by atoms with Crippen LogP contribution < -0.4 is 0 Å². The van der Waals surface area contributed by atoms with Gasteiger partial charge < -0.3 is 18.9 Å². The van der Waals surface area contributed by atoms with Crippen molar-refractivity contribution < 1.29 is 28.5 Å². The molecule has 6 nitrogen and oxygen atoms in total. The quantitative estimate of drug-likeness (QED) is 0.404. The van der Waals surface area contributed by atoms with Crippen molar-refractivity contribution in [2.45, 2.75) is 26.7 Å². The lowest BCUT2D eigenvalue weighted by atomic mass is 9.82. The molecule has 0 amide bonds. The summed E-state index contributed by atoms with van der Waals surface area (Å²) >= 11 is 0. The maximum absolute atomic E-state index is 11.4. The molecule has 0 bridgehead atoms. The Morgan fingerprint density at radius 1 is 0.826 bits per heavy atom. The standard InChI is InChI=1S/C17H28O6/c1-5-22-15(18)9-7-11-17(13-20-3,14-21-4)12-8-10-16(19)23-6-2/h7-10H,5-6,11-14H2,1-4H3/b9-7+,10-8+. The van der Waals surface area contributed by atoms with Crippen molar-refractivity contribution in [2.24, 2.45) is 5.41 Å². The van der Waals surface area contributed by atoms with Crippen molar-refractivity contribution in [2.75, 3.05) is 40.6 Å². The van der Waals surface area contributed by atoms with E-state index in [4.69, 9.17) is 18.9 Å². The molecule has 0 aromatic heterocycles. The summed E-state index contributed by atoms with van der Waals surface area (Å²) in [6.07, 6.45) is 7.40. The van der Waals surface area contributed by atoms with E-state index in [0.717, 1.165) is 0 Å². The van der Waals surface area contributed by atoms with E-state index < -0.39 is 0 Å². The Kier molecular flexibility index (Phi) is 11.9. The first-order chi connectivity index (χ1) is 11.0. The highest BCUT2D eigenvalue weighted by Gasteiger charge is 2.28. The van der Waals surface area contributed by atoms with E-state index in [1.165, 1.54) is 12.2 Å². The average Bonchev–Trinajstić information content (AvgIpc) is 2.48. The second-order valence-electron chi connectivity index (χ2n) is 5.08. The van der Waals surface area contributed by atoms with Gasteiger partial charge in [-0.3, -0.25) is 0 Å². The van der Waals surface area contributed by atoms with Crippen LogP contribution in [0.25, 0.3) is 0 Å². The van der Waals surface area contributed by atoms with Crippen LogP contribution in [0.15, 0.2) is 24.3 Å². The molecule has 0 radical (unpaired) electrons. The van der Waals surface area contributed by atoms with Gasteiger partial charge in [0.1, 0.15) is 0 Å². The summed E-state index contributed by atoms with van der Waals surface area (Å²) in [4.78, 5) is 22.7. The zero-order valence-electron chi connectivity index (χ0n) is 14.5. The van der Waals surface area contributed by atoms with Crippen molar-refractivity contribution in [3.8, 4) is 0 Å². The molecule has 132 valence electrons. The largest absolute Gasteiger partial charge is 0.463 e. The summed E-state index contributed by atoms with van der Waals surface area (Å²) in [5.74, 6) is -0.753. The molecule has 0 aliphatic heterocycles. The van der Waals surface area contributed by atoms with Gasteiger partial charge in [0, 0.05) is 31.8 Å². The predicted octanol–water partition coefficient (Wildman–Crippen LogP) is 2.28. The molecular weight excluding hydrogens is 300 g/mol. The van der Waals surface area contributed by atoms with E-state index in [1.807, 2.05) is 0 Å². The molecule has 0 atom stereocenters. The van der Waals surface area contributed by atoms with Gasteiger partial charge in [0.15, 0.2) is 0 Å². The van der Waals surface area contributed by atoms with Crippen LogP contribution >= 0.6 is 0 Å². The maximum Gasteiger partial charge on any atom is 0.330 e. The summed E-state index contributed by atoms with van der Waals surface area (Å²) in [5.41, 5.74) is -0.366. The van der Waals surface area contributed by atoms with E-state index in [9.17, 15) is 9.59 Å². The zero-order valence-corrected chi connectivity index (χ0v) is 14.5. The van der Waals surface area contributed by atoms with Crippen molar-refractivity contribution in [3.05, 3.63) is 24.3 Å². The normalized spacial score (nSPS) is 12.0. The number of hydrogen-bond donors (Lipinski definition) is 0. The Hall–Kier alpha value is -1.66. The fourth-order valence-electron chi connectivity index (χ4n) is 2.16. The van der Waals surface area contributed by atoms with E-state index in [-0.39, 0.29) is 17.4 Å². The van der Waals surface area contributed by atoms with Crippen LogP contribution in [0.2, 0.25) is 0 Å². The summed E-state index contributed by atoms with van der Waals surface area (Å²) in [6, 6.07) is 0. The van der Waals surface area contributed by atoms with Gasteiger partial charge in [0.2, 0.25) is 0 Å². The molecule has 0 N–H and O–H groups in total. The molecule has 0 aromatic carbocycles. The summed E-state index contributed by atoms with van der Waals surface area (Å²) in [6.45, 7) is 5.06. The van der Waals surface area contributed by atoms with Crippen LogP contribution in [-0.2, 0) is 28.5 Å². The topological polar surface area (TPSA) is 71.1 Å². The molecule has 0 fully saturated rings. The summed E-state index contributed by atoms with van der Waals surface area (Å²) in [7, 11) is 3.21. The third-order valence-corrected chi connectivity index (χ3v) is 3.08. The van der Waals surface area contributed by atoms with Crippen LogP contribution in [0.5, 0.6) is 0 Å². The number of carbonyl (C=O) groups excluding carboxylic acids is 2. The minimum Gasteiger partial charge on any atom is -0.463 e. The Balaban J connectivity index is 4.86. The van der Waals surface area contributed by atoms with Crippen LogP contribution in [0.3, 0.4) is 0 Å². The Morgan fingerprint density at radius 3 is 1.52 bits per heavy atom. The average molecular weight is 328 g/mol. The van der Waals surface area contributed by atoms with Crippen molar-refractivity contribution in [3.63, 3.8) is 0 Å².